The van der Waals surface area contributed by atoms with Crippen molar-refractivity contribution in [3.63, 3.8) is 0 Å². The van der Waals surface area contributed by atoms with Crippen LogP contribution in [0, 0.1) is 5.41 Å². The van der Waals surface area contributed by atoms with Crippen LogP contribution in [0.25, 0.3) is 0 Å². The minimum Gasteiger partial charge on any atom is -0.396 e. The molecule has 0 saturated carbocycles. The van der Waals surface area contributed by atoms with Crippen LogP contribution in [-0.2, 0) is 4.74 Å². The van der Waals surface area contributed by atoms with E-state index < -0.39 is 0 Å². The molecule has 19 heavy (non-hydrogen) atoms. The molecule has 1 atom stereocenters. The maximum absolute atomic E-state index is 9.04. The summed E-state index contributed by atoms with van der Waals surface area (Å²) < 4.78 is 5.75. The number of aliphatic hydroxyl groups is 1. The normalized spacial score (nSPS) is 24.3. The van der Waals surface area contributed by atoms with Crippen molar-refractivity contribution in [2.75, 3.05) is 46.0 Å². The van der Waals surface area contributed by atoms with Gasteiger partial charge in [0.15, 0.2) is 0 Å². The van der Waals surface area contributed by atoms with E-state index in [1.54, 1.807) is 0 Å². The van der Waals surface area contributed by atoms with Gasteiger partial charge in [-0.05, 0) is 39.7 Å². The van der Waals surface area contributed by atoms with E-state index >= 15 is 0 Å². The van der Waals surface area contributed by atoms with E-state index in [1.807, 2.05) is 0 Å². The molecule has 1 aliphatic rings. The predicted molar refractivity (Wildman–Crippen MR) is 79.4 cm³/mol. The van der Waals surface area contributed by atoms with Gasteiger partial charge in [-0.25, -0.2) is 0 Å². The van der Waals surface area contributed by atoms with Crippen molar-refractivity contribution in [2.45, 2.75) is 46.1 Å². The minimum absolute atomic E-state index is 0.244. The largest absolute Gasteiger partial charge is 0.396 e. The molecule has 4 heteroatoms. The molecule has 1 unspecified atom stereocenters. The molecule has 1 fully saturated rings. The minimum atomic E-state index is 0.244. The summed E-state index contributed by atoms with van der Waals surface area (Å²) in [5, 5.41) is 12.5. The molecule has 4 nitrogen and oxygen atoms in total. The first-order valence-corrected chi connectivity index (χ1v) is 7.77. The molecule has 2 N–H and O–H groups in total. The van der Waals surface area contributed by atoms with E-state index in [0.717, 1.165) is 52.2 Å². The van der Waals surface area contributed by atoms with Crippen molar-refractivity contribution < 1.29 is 9.84 Å². The van der Waals surface area contributed by atoms with E-state index in [1.165, 1.54) is 6.42 Å². The Morgan fingerprint density at radius 2 is 2.21 bits per heavy atom. The van der Waals surface area contributed by atoms with Gasteiger partial charge >= 0.3 is 0 Å². The number of aliphatic hydroxyl groups excluding tert-OH is 1. The van der Waals surface area contributed by atoms with Crippen molar-refractivity contribution in [3.8, 4) is 0 Å². The molecule has 1 heterocycles. The van der Waals surface area contributed by atoms with Gasteiger partial charge in [-0.1, -0.05) is 6.92 Å². The first-order valence-electron chi connectivity index (χ1n) is 7.77. The summed E-state index contributed by atoms with van der Waals surface area (Å²) in [6.07, 6.45) is 3.26. The Labute approximate surface area is 118 Å². The molecule has 1 aliphatic heterocycles. The van der Waals surface area contributed by atoms with Crippen LogP contribution in [0.4, 0.5) is 0 Å². The molecular weight excluding hydrogens is 240 g/mol. The highest BCUT2D eigenvalue weighted by atomic mass is 16.5. The van der Waals surface area contributed by atoms with E-state index in [2.05, 4.69) is 31.0 Å². The van der Waals surface area contributed by atoms with Crippen LogP contribution in [0.2, 0.25) is 0 Å². The van der Waals surface area contributed by atoms with Gasteiger partial charge in [0.05, 0.1) is 6.61 Å². The second-order valence-corrected chi connectivity index (χ2v) is 6.08. The number of hydrogen-bond acceptors (Lipinski definition) is 4. The number of nitrogens with one attached hydrogen (secondary N) is 1. The molecule has 0 spiro atoms. The standard InChI is InChI=1S/C15H32N2O2/c1-4-16-11-15(7-5-10-19-13-15)12-17(14(2)3)8-6-9-18/h14,16,18H,4-13H2,1-3H3. The topological polar surface area (TPSA) is 44.7 Å². The van der Waals surface area contributed by atoms with Gasteiger partial charge in [-0.2, -0.15) is 0 Å². The van der Waals surface area contributed by atoms with E-state index in [-0.39, 0.29) is 12.0 Å². The summed E-state index contributed by atoms with van der Waals surface area (Å²) in [6, 6.07) is 0.520. The summed E-state index contributed by atoms with van der Waals surface area (Å²) in [5.41, 5.74) is 0.244. The number of hydrogen-bond donors (Lipinski definition) is 2. The average Bonchev–Trinajstić information content (AvgIpc) is 2.42. The SMILES string of the molecule is CCNCC1(CN(CCCO)C(C)C)CCCOC1. The van der Waals surface area contributed by atoms with Crippen LogP contribution >= 0.6 is 0 Å². The Balaban J connectivity index is 2.61. The third kappa shape index (κ3) is 5.78. The second kappa shape index (κ2) is 8.90. The monoisotopic (exact) mass is 272 g/mol. The molecular formula is C15H32N2O2. The summed E-state index contributed by atoms with van der Waals surface area (Å²) >= 11 is 0. The zero-order valence-electron chi connectivity index (χ0n) is 13.0. The van der Waals surface area contributed by atoms with Crippen LogP contribution in [0.3, 0.4) is 0 Å². The van der Waals surface area contributed by atoms with Crippen LogP contribution in [-0.4, -0.2) is 62.0 Å². The van der Waals surface area contributed by atoms with Crippen molar-refractivity contribution in [1.82, 2.24) is 10.2 Å². The highest BCUT2D eigenvalue weighted by Gasteiger charge is 2.34. The van der Waals surface area contributed by atoms with E-state index in [9.17, 15) is 0 Å². The number of ether oxygens (including phenoxy) is 1. The number of nitrogens with zero attached hydrogens (tertiary/aromatic N) is 1. The van der Waals surface area contributed by atoms with Gasteiger partial charge in [0, 0.05) is 44.3 Å². The van der Waals surface area contributed by atoms with E-state index in [4.69, 9.17) is 9.84 Å². The zero-order valence-corrected chi connectivity index (χ0v) is 13.0. The fourth-order valence-electron chi connectivity index (χ4n) is 2.84. The molecule has 1 rings (SSSR count). The maximum atomic E-state index is 9.04. The molecule has 0 radical (unpaired) electrons. The smallest absolute Gasteiger partial charge is 0.0546 e. The molecule has 0 aromatic rings. The van der Waals surface area contributed by atoms with Gasteiger partial charge in [0.1, 0.15) is 0 Å². The molecule has 0 aromatic heterocycles. The lowest BCUT2D eigenvalue weighted by Gasteiger charge is -2.42. The maximum Gasteiger partial charge on any atom is 0.0546 e. The van der Waals surface area contributed by atoms with Crippen LogP contribution < -0.4 is 5.32 Å². The highest BCUT2D eigenvalue weighted by molar-refractivity contribution is 4.88. The predicted octanol–water partition coefficient (Wildman–Crippen LogP) is 1.49. The Morgan fingerprint density at radius 3 is 2.74 bits per heavy atom. The third-order valence-corrected chi connectivity index (χ3v) is 4.03. The van der Waals surface area contributed by atoms with Crippen molar-refractivity contribution in [2.24, 2.45) is 5.41 Å². The lowest BCUT2D eigenvalue weighted by Crippen LogP contribution is -2.50. The van der Waals surface area contributed by atoms with E-state index in [0.29, 0.717) is 6.04 Å². The third-order valence-electron chi connectivity index (χ3n) is 4.03. The summed E-state index contributed by atoms with van der Waals surface area (Å²) in [4.78, 5) is 2.49. The van der Waals surface area contributed by atoms with Gasteiger partial charge in [0.2, 0.25) is 0 Å². The van der Waals surface area contributed by atoms with Crippen LogP contribution in [0.15, 0.2) is 0 Å². The lowest BCUT2D eigenvalue weighted by molar-refractivity contribution is -0.0313. The van der Waals surface area contributed by atoms with Gasteiger partial charge < -0.3 is 20.1 Å². The second-order valence-electron chi connectivity index (χ2n) is 6.08. The average molecular weight is 272 g/mol. The Morgan fingerprint density at radius 1 is 1.42 bits per heavy atom. The summed E-state index contributed by atoms with van der Waals surface area (Å²) in [6.45, 7) is 12.8. The summed E-state index contributed by atoms with van der Waals surface area (Å²) in [5.74, 6) is 0. The molecule has 114 valence electrons. The van der Waals surface area contributed by atoms with Crippen molar-refractivity contribution in [3.05, 3.63) is 0 Å². The van der Waals surface area contributed by atoms with Crippen molar-refractivity contribution in [1.29, 1.82) is 0 Å². The van der Waals surface area contributed by atoms with Gasteiger partial charge in [-0.15, -0.1) is 0 Å². The Kier molecular flexibility index (Phi) is 7.91. The quantitative estimate of drug-likeness (QED) is 0.667. The fourth-order valence-corrected chi connectivity index (χ4v) is 2.84. The molecule has 0 bridgehead atoms. The highest BCUT2D eigenvalue weighted by Crippen LogP contribution is 2.30. The first kappa shape index (κ1) is 16.9. The van der Waals surface area contributed by atoms with Gasteiger partial charge in [0.25, 0.3) is 0 Å². The molecule has 0 aromatic carbocycles. The molecule has 1 saturated heterocycles. The Hall–Kier alpha value is -0.160. The zero-order chi connectivity index (χ0) is 14.1. The number of rotatable bonds is 9. The van der Waals surface area contributed by atoms with Crippen LogP contribution in [0.1, 0.15) is 40.0 Å². The summed E-state index contributed by atoms with van der Waals surface area (Å²) in [7, 11) is 0. The fraction of sp³-hybridized carbons (Fsp3) is 1.00. The van der Waals surface area contributed by atoms with Gasteiger partial charge in [-0.3, -0.25) is 0 Å². The first-order chi connectivity index (χ1) is 9.13. The molecule has 0 aliphatic carbocycles. The van der Waals surface area contributed by atoms with Crippen LogP contribution in [0.5, 0.6) is 0 Å². The molecule has 0 amide bonds. The van der Waals surface area contributed by atoms with Crippen molar-refractivity contribution >= 4 is 0 Å². The lowest BCUT2D eigenvalue weighted by atomic mass is 9.81. The Bertz CT molecular complexity index is 228.